The molecule has 0 spiro atoms. The molecule has 0 atom stereocenters. The number of nitrogens with zero attached hydrogens (tertiary/aromatic N) is 5. The molecule has 1 amide bonds. The van der Waals surface area contributed by atoms with Gasteiger partial charge < -0.3 is 9.47 Å². The van der Waals surface area contributed by atoms with Crippen LogP contribution in [0.1, 0.15) is 23.2 Å². The number of aryl methyl sites for hydroxylation is 1. The maximum absolute atomic E-state index is 12.7. The second-order valence-corrected chi connectivity index (χ2v) is 7.85. The van der Waals surface area contributed by atoms with Crippen molar-refractivity contribution in [2.75, 3.05) is 18.8 Å². The number of fused-ring (bicyclic) bond motifs is 1. The minimum Gasteiger partial charge on any atom is -0.339 e. The van der Waals surface area contributed by atoms with Gasteiger partial charge in [-0.25, -0.2) is 4.98 Å². The summed E-state index contributed by atoms with van der Waals surface area (Å²) in [5, 5.41) is 1.06. The van der Waals surface area contributed by atoms with Crippen molar-refractivity contribution in [2.24, 2.45) is 13.0 Å². The van der Waals surface area contributed by atoms with E-state index in [0.717, 1.165) is 47.9 Å². The van der Waals surface area contributed by atoms with E-state index < -0.39 is 0 Å². The van der Waals surface area contributed by atoms with Gasteiger partial charge in [0.1, 0.15) is 11.0 Å². The lowest BCUT2D eigenvalue weighted by Crippen LogP contribution is -2.39. The van der Waals surface area contributed by atoms with Crippen LogP contribution in [0.15, 0.2) is 35.7 Å². The Morgan fingerprint density at radius 1 is 1.28 bits per heavy atom. The number of likely N-dealkylation sites (tertiary alicyclic amines) is 1. The Kier molecular flexibility index (Phi) is 4.72. The second-order valence-electron chi connectivity index (χ2n) is 6.34. The number of hydrogen-bond donors (Lipinski definition) is 0. The van der Waals surface area contributed by atoms with Crippen molar-refractivity contribution in [3.63, 3.8) is 0 Å². The molecule has 1 saturated heterocycles. The van der Waals surface area contributed by atoms with Crippen molar-refractivity contribution in [1.82, 2.24) is 23.2 Å². The Bertz CT molecular complexity index is 882. The number of amides is 1. The van der Waals surface area contributed by atoms with Crippen LogP contribution in [0.3, 0.4) is 0 Å². The van der Waals surface area contributed by atoms with Gasteiger partial charge in [0.2, 0.25) is 0 Å². The molecule has 0 saturated carbocycles. The first kappa shape index (κ1) is 16.5. The monoisotopic (exact) mass is 373 g/mol. The molecule has 0 unspecified atom stereocenters. The molecule has 0 N–H and O–H groups in total. The van der Waals surface area contributed by atoms with Gasteiger partial charge in [-0.05, 0) is 37.0 Å². The first-order valence-electron chi connectivity index (χ1n) is 8.32. The molecule has 130 valence electrons. The molecule has 0 aliphatic carbocycles. The number of aromatic nitrogens is 4. The first-order valence-corrected chi connectivity index (χ1v) is 10.0. The largest absolute Gasteiger partial charge is 0.339 e. The molecule has 4 rings (SSSR count). The molecule has 3 aromatic rings. The lowest BCUT2D eigenvalue weighted by molar-refractivity contribution is 0.0699. The summed E-state index contributed by atoms with van der Waals surface area (Å²) in [6.07, 6.45) is 5.89. The maximum atomic E-state index is 12.7. The Morgan fingerprint density at radius 2 is 2.08 bits per heavy atom. The predicted octanol–water partition coefficient (Wildman–Crippen LogP) is 3.07. The lowest BCUT2D eigenvalue weighted by atomic mass is 9.98. The SMILES string of the molecule is Cn1ccnc1SCC1CCN(C(=O)c2ccc3nsnc3c2)CC1. The van der Waals surface area contributed by atoms with Crippen LogP contribution in [-0.2, 0) is 7.05 Å². The van der Waals surface area contributed by atoms with E-state index in [4.69, 9.17) is 0 Å². The number of rotatable bonds is 4. The number of hydrogen-bond acceptors (Lipinski definition) is 6. The Morgan fingerprint density at radius 3 is 2.84 bits per heavy atom. The normalized spacial score (nSPS) is 15.8. The standard InChI is InChI=1S/C17H19N5OS2/c1-21-9-6-18-17(21)24-11-12-4-7-22(8-5-12)16(23)13-2-3-14-15(10-13)20-25-19-14/h2-3,6,9-10,12H,4-5,7-8,11H2,1H3. The lowest BCUT2D eigenvalue weighted by Gasteiger charge is -2.31. The highest BCUT2D eigenvalue weighted by Crippen LogP contribution is 2.26. The summed E-state index contributed by atoms with van der Waals surface area (Å²) in [7, 11) is 2.02. The number of imidazole rings is 1. The minimum absolute atomic E-state index is 0.102. The molecular formula is C17H19N5OS2. The van der Waals surface area contributed by atoms with Crippen molar-refractivity contribution in [1.29, 1.82) is 0 Å². The number of carbonyl (C=O) groups is 1. The van der Waals surface area contributed by atoms with Crippen molar-refractivity contribution >= 4 is 40.4 Å². The zero-order valence-corrected chi connectivity index (χ0v) is 15.6. The van der Waals surface area contributed by atoms with Crippen LogP contribution in [0.25, 0.3) is 11.0 Å². The highest BCUT2D eigenvalue weighted by atomic mass is 32.2. The van der Waals surface area contributed by atoms with Crippen molar-refractivity contribution < 1.29 is 4.79 Å². The molecule has 0 bridgehead atoms. The number of thioether (sulfide) groups is 1. The van der Waals surface area contributed by atoms with Crippen LogP contribution in [0.5, 0.6) is 0 Å². The summed E-state index contributed by atoms with van der Waals surface area (Å²) in [6.45, 7) is 1.63. The summed E-state index contributed by atoms with van der Waals surface area (Å²) >= 11 is 2.98. The van der Waals surface area contributed by atoms with Crippen LogP contribution in [-0.4, -0.2) is 47.9 Å². The summed E-state index contributed by atoms with van der Waals surface area (Å²) in [5.41, 5.74) is 2.37. The van der Waals surface area contributed by atoms with E-state index in [1.165, 1.54) is 11.7 Å². The van der Waals surface area contributed by atoms with Crippen LogP contribution in [0, 0.1) is 5.92 Å². The molecule has 1 aliphatic rings. The van der Waals surface area contributed by atoms with Crippen molar-refractivity contribution in [3.8, 4) is 0 Å². The zero-order chi connectivity index (χ0) is 17.2. The highest BCUT2D eigenvalue weighted by molar-refractivity contribution is 7.99. The first-order chi connectivity index (χ1) is 12.2. The van der Waals surface area contributed by atoms with Gasteiger partial charge in [0.05, 0.1) is 11.7 Å². The molecule has 2 aromatic heterocycles. The quantitative estimate of drug-likeness (QED) is 0.658. The minimum atomic E-state index is 0.102. The van der Waals surface area contributed by atoms with E-state index in [1.807, 2.05) is 47.1 Å². The number of carbonyl (C=O) groups excluding carboxylic acids is 1. The molecule has 1 aromatic carbocycles. The van der Waals surface area contributed by atoms with Gasteiger partial charge in [-0.3, -0.25) is 4.79 Å². The molecule has 1 aliphatic heterocycles. The fraction of sp³-hybridized carbons (Fsp3) is 0.412. The van der Waals surface area contributed by atoms with Crippen molar-refractivity contribution in [3.05, 3.63) is 36.2 Å². The average molecular weight is 374 g/mol. The summed E-state index contributed by atoms with van der Waals surface area (Å²) < 4.78 is 10.5. The summed E-state index contributed by atoms with van der Waals surface area (Å²) in [6, 6.07) is 5.58. The van der Waals surface area contributed by atoms with Crippen LogP contribution < -0.4 is 0 Å². The predicted molar refractivity (Wildman–Crippen MR) is 100.0 cm³/mol. The highest BCUT2D eigenvalue weighted by Gasteiger charge is 2.24. The van der Waals surface area contributed by atoms with Gasteiger partial charge in [0.25, 0.3) is 5.91 Å². The number of benzene rings is 1. The van der Waals surface area contributed by atoms with E-state index in [0.29, 0.717) is 11.5 Å². The van der Waals surface area contributed by atoms with E-state index in [-0.39, 0.29) is 5.91 Å². The van der Waals surface area contributed by atoms with Gasteiger partial charge >= 0.3 is 0 Å². The van der Waals surface area contributed by atoms with Crippen LogP contribution >= 0.6 is 23.5 Å². The average Bonchev–Trinajstić information content (AvgIpc) is 3.27. The third-order valence-corrected chi connectivity index (χ3v) is 6.47. The van der Waals surface area contributed by atoms with Crippen LogP contribution in [0.2, 0.25) is 0 Å². The van der Waals surface area contributed by atoms with Gasteiger partial charge in [-0.1, -0.05) is 11.8 Å². The van der Waals surface area contributed by atoms with Gasteiger partial charge in [-0.15, -0.1) is 0 Å². The topological polar surface area (TPSA) is 63.9 Å². The van der Waals surface area contributed by atoms with Crippen LogP contribution in [0.4, 0.5) is 0 Å². The smallest absolute Gasteiger partial charge is 0.253 e. The van der Waals surface area contributed by atoms with E-state index in [2.05, 4.69) is 13.7 Å². The fourth-order valence-electron chi connectivity index (χ4n) is 3.08. The molecule has 0 radical (unpaired) electrons. The van der Waals surface area contributed by atoms with Gasteiger partial charge in [-0.2, -0.15) is 8.75 Å². The second kappa shape index (κ2) is 7.13. The molecule has 8 heteroatoms. The van der Waals surface area contributed by atoms with Crippen molar-refractivity contribution in [2.45, 2.75) is 18.0 Å². The Hall–Kier alpha value is -1.93. The van der Waals surface area contributed by atoms with E-state index in [9.17, 15) is 4.79 Å². The number of piperidine rings is 1. The zero-order valence-electron chi connectivity index (χ0n) is 14.0. The van der Waals surface area contributed by atoms with E-state index >= 15 is 0 Å². The molecule has 6 nitrogen and oxygen atoms in total. The maximum Gasteiger partial charge on any atom is 0.253 e. The third-order valence-electron chi connectivity index (χ3n) is 4.63. The summed E-state index contributed by atoms with van der Waals surface area (Å²) in [5.74, 6) is 1.80. The van der Waals surface area contributed by atoms with Gasteiger partial charge in [0, 0.05) is 43.8 Å². The third kappa shape index (κ3) is 3.55. The molecule has 3 heterocycles. The molecule has 25 heavy (non-hydrogen) atoms. The Labute approximate surface area is 154 Å². The fourth-order valence-corrected chi connectivity index (χ4v) is 4.72. The van der Waals surface area contributed by atoms with E-state index in [1.54, 1.807) is 11.8 Å². The van der Waals surface area contributed by atoms with Gasteiger partial charge in [0.15, 0.2) is 5.16 Å². The molecular weight excluding hydrogens is 354 g/mol. The Balaban J connectivity index is 1.33. The summed E-state index contributed by atoms with van der Waals surface area (Å²) in [4.78, 5) is 19.0. The molecule has 1 fully saturated rings.